The summed E-state index contributed by atoms with van der Waals surface area (Å²) in [6.07, 6.45) is -1.41. The highest BCUT2D eigenvalue weighted by atomic mass is 31.2. The third kappa shape index (κ3) is 10.0. The molecular weight excluding hydrogens is 880 g/mol. The van der Waals surface area contributed by atoms with Gasteiger partial charge in [0.1, 0.15) is 55.0 Å². The number of benzene rings is 3. The molecule has 2 saturated heterocycles. The zero-order valence-electron chi connectivity index (χ0n) is 39.5. The van der Waals surface area contributed by atoms with Gasteiger partial charge in [-0.2, -0.15) is 10.2 Å². The van der Waals surface area contributed by atoms with Gasteiger partial charge >= 0.3 is 12.0 Å². The summed E-state index contributed by atoms with van der Waals surface area (Å²) in [6, 6.07) is 26.7. The van der Waals surface area contributed by atoms with Crippen LogP contribution < -0.4 is 20.3 Å². The van der Waals surface area contributed by atoms with Gasteiger partial charge in [0.05, 0.1) is 46.3 Å². The molecule has 7 rings (SSSR count). The highest BCUT2D eigenvalue weighted by Gasteiger charge is 2.65. The van der Waals surface area contributed by atoms with Crippen LogP contribution in [0.2, 0.25) is 0 Å². The molecule has 2 aliphatic heterocycles. The van der Waals surface area contributed by atoms with Crippen LogP contribution in [-0.4, -0.2) is 124 Å². The van der Waals surface area contributed by atoms with Gasteiger partial charge < -0.3 is 37.8 Å². The summed E-state index contributed by atoms with van der Waals surface area (Å²) in [5.41, 5.74) is -1.72. The number of fused-ring (bicyclic) bond motifs is 3. The Hall–Kier alpha value is -5.93. The smallest absolute Gasteiger partial charge is 0.323 e. The lowest BCUT2D eigenvalue weighted by atomic mass is 9.79. The Morgan fingerprint density at radius 2 is 1.57 bits per heavy atom. The number of carbonyl (C=O) groups excluding carboxylic acids is 2. The minimum absolute atomic E-state index is 0.00589. The number of rotatable bonds is 19. The number of imidazole rings is 1. The molecule has 0 radical (unpaired) electrons. The number of nitrogens with one attached hydrogen (secondary N) is 2. The van der Waals surface area contributed by atoms with Crippen LogP contribution in [0.1, 0.15) is 70.9 Å². The topological polar surface area (TPSA) is 205 Å². The van der Waals surface area contributed by atoms with Gasteiger partial charge in [0.2, 0.25) is 5.95 Å². The first-order chi connectivity index (χ1) is 31.9. The molecule has 2 fully saturated rings. The molecule has 5 aromatic rings. The second-order valence-corrected chi connectivity index (χ2v) is 19.6. The Bertz CT molecular complexity index is 2560. The Morgan fingerprint density at radius 3 is 2.12 bits per heavy atom. The molecule has 0 spiro atoms. The molecule has 4 heterocycles. The maximum atomic E-state index is 13.9. The molecule has 5 atom stereocenters. The zero-order valence-corrected chi connectivity index (χ0v) is 40.4. The standard InChI is InChI=1S/C48H59N8O10P/c1-30(2)56(31(3)4)67(26-37(57)64-46(5,6)24-25-49)66-40-39-43(55-29-50-38-41(55)51-44(52-42(38)58)53-45(59)54(7)8)65-47(40,27-62-39)28-63-48(32-14-12-11-13-15-32,33-16-20-35(60-9)21-17-33)34-18-22-36(61-10)23-19-34/h11-23,29-31,39-40,43H,24,26-28H2,1-10H3,(H2,51,52,53,58,59)/t39-,40?,43+,47+,67?/m0/s1. The van der Waals surface area contributed by atoms with E-state index in [1.54, 1.807) is 46.7 Å². The van der Waals surface area contributed by atoms with Gasteiger partial charge in [-0.25, -0.2) is 9.78 Å². The second kappa shape index (κ2) is 20.1. The van der Waals surface area contributed by atoms with E-state index in [2.05, 4.69) is 31.0 Å². The number of ether oxygens (including phenoxy) is 6. The number of nitrogens with zero attached hydrogens (tertiary/aromatic N) is 6. The van der Waals surface area contributed by atoms with Crippen molar-refractivity contribution < 1.29 is 42.5 Å². The number of H-pyrrole nitrogens is 1. The van der Waals surface area contributed by atoms with Gasteiger partial charge in [0, 0.05) is 26.2 Å². The maximum Gasteiger partial charge on any atom is 0.323 e. The van der Waals surface area contributed by atoms with Gasteiger partial charge in [-0.3, -0.25) is 29.1 Å². The maximum absolute atomic E-state index is 13.9. The predicted molar refractivity (Wildman–Crippen MR) is 251 cm³/mol. The first kappa shape index (κ1) is 49.0. The van der Waals surface area contributed by atoms with Gasteiger partial charge in [0.15, 0.2) is 17.4 Å². The lowest BCUT2D eigenvalue weighted by Gasteiger charge is -2.42. The second-order valence-electron chi connectivity index (χ2n) is 17.9. The number of nitriles is 1. The largest absolute Gasteiger partial charge is 0.497 e. The normalized spacial score (nSPS) is 19.7. The first-order valence-corrected chi connectivity index (χ1v) is 23.4. The quantitative estimate of drug-likeness (QED) is 0.0488. The third-order valence-corrected chi connectivity index (χ3v) is 14.2. The lowest BCUT2D eigenvalue weighted by Crippen LogP contribution is -2.49. The molecule has 2 aliphatic rings. The van der Waals surface area contributed by atoms with Gasteiger partial charge in [0.25, 0.3) is 5.56 Å². The van der Waals surface area contributed by atoms with Crippen molar-refractivity contribution in [3.8, 4) is 17.6 Å². The minimum atomic E-state index is -1.80. The van der Waals surface area contributed by atoms with E-state index in [-0.39, 0.29) is 55.0 Å². The van der Waals surface area contributed by atoms with Crippen LogP contribution in [0.25, 0.3) is 11.2 Å². The van der Waals surface area contributed by atoms with Crippen molar-refractivity contribution in [1.82, 2.24) is 29.1 Å². The molecule has 2 bridgehead atoms. The van der Waals surface area contributed by atoms with E-state index in [0.29, 0.717) is 11.5 Å². The predicted octanol–water partition coefficient (Wildman–Crippen LogP) is 6.96. The third-order valence-electron chi connectivity index (χ3n) is 11.7. The number of hydrogen-bond donors (Lipinski definition) is 2. The fourth-order valence-corrected chi connectivity index (χ4v) is 10.9. The summed E-state index contributed by atoms with van der Waals surface area (Å²) >= 11 is 0. The number of urea groups is 1. The van der Waals surface area contributed by atoms with E-state index in [1.165, 1.54) is 11.2 Å². The molecule has 2 amide bonds. The fourth-order valence-electron chi connectivity index (χ4n) is 8.66. The summed E-state index contributed by atoms with van der Waals surface area (Å²) in [5.74, 6) is 0.706. The van der Waals surface area contributed by atoms with E-state index in [0.717, 1.165) is 16.7 Å². The number of hydrogen-bond acceptors (Lipinski definition) is 14. The zero-order chi connectivity index (χ0) is 48.3. The molecule has 19 heteroatoms. The average Bonchev–Trinajstić information content (AvgIpc) is 3.96. The van der Waals surface area contributed by atoms with Gasteiger partial charge in [-0.05, 0) is 82.5 Å². The van der Waals surface area contributed by atoms with Crippen molar-refractivity contribution in [1.29, 1.82) is 5.26 Å². The van der Waals surface area contributed by atoms with Crippen LogP contribution in [0.4, 0.5) is 10.7 Å². The lowest BCUT2D eigenvalue weighted by molar-refractivity contribution is -0.201. The first-order valence-electron chi connectivity index (χ1n) is 22.0. The highest BCUT2D eigenvalue weighted by Crippen LogP contribution is 2.56. The summed E-state index contributed by atoms with van der Waals surface area (Å²) in [5, 5.41) is 12.1. The number of aromatic amines is 1. The summed E-state index contributed by atoms with van der Waals surface area (Å²) in [7, 11) is 4.56. The van der Waals surface area contributed by atoms with Crippen molar-refractivity contribution in [3.05, 3.63) is 112 Å². The van der Waals surface area contributed by atoms with Crippen molar-refractivity contribution in [2.75, 3.05) is 53.0 Å². The molecule has 2 unspecified atom stereocenters. The molecule has 67 heavy (non-hydrogen) atoms. The Morgan fingerprint density at radius 1 is 0.970 bits per heavy atom. The Labute approximate surface area is 391 Å². The van der Waals surface area contributed by atoms with Gasteiger partial charge in [-0.1, -0.05) is 54.6 Å². The average molecular weight is 939 g/mol. The number of aromatic nitrogens is 4. The van der Waals surface area contributed by atoms with Crippen LogP contribution in [0, 0.1) is 11.3 Å². The van der Waals surface area contributed by atoms with Crippen LogP contribution in [0.3, 0.4) is 0 Å². The van der Waals surface area contributed by atoms with E-state index in [1.807, 2.05) is 107 Å². The van der Waals surface area contributed by atoms with E-state index < -0.39 is 61.1 Å². The van der Waals surface area contributed by atoms with Crippen molar-refractivity contribution >= 4 is 37.4 Å². The van der Waals surface area contributed by atoms with Crippen molar-refractivity contribution in [2.45, 2.75) is 95.3 Å². The Kier molecular flexibility index (Phi) is 14.7. The summed E-state index contributed by atoms with van der Waals surface area (Å²) in [6.45, 7) is 11.4. The number of methoxy groups -OCH3 is 2. The van der Waals surface area contributed by atoms with Crippen LogP contribution in [0.15, 0.2) is 90.0 Å². The van der Waals surface area contributed by atoms with Crippen LogP contribution in [-0.2, 0) is 33.9 Å². The van der Waals surface area contributed by atoms with Crippen LogP contribution >= 0.6 is 8.30 Å². The molecule has 356 valence electrons. The molecule has 0 saturated carbocycles. The SMILES string of the molecule is COc1ccc(C(OC[C@]23CO[C@@H](C2OP(CC(=O)OC(C)(C)CC#N)N(C(C)C)C(C)C)[C@H](n2cnc4c(=O)[nH]c(NC(=O)N(C)C)nc42)O3)(c2ccccc2)c2ccc(OC)cc2)cc1. The summed E-state index contributed by atoms with van der Waals surface area (Å²) < 4.78 is 49.5. The molecule has 0 aliphatic carbocycles. The molecular formula is C48H59N8O10P. The van der Waals surface area contributed by atoms with Gasteiger partial charge in [-0.15, -0.1) is 0 Å². The molecule has 2 aromatic heterocycles. The molecule has 18 nitrogen and oxygen atoms in total. The minimum Gasteiger partial charge on any atom is -0.497 e. The highest BCUT2D eigenvalue weighted by molar-refractivity contribution is 7.51. The Balaban J connectivity index is 1.37. The number of carbonyl (C=O) groups is 2. The van der Waals surface area contributed by atoms with E-state index >= 15 is 0 Å². The van der Waals surface area contributed by atoms with Crippen molar-refractivity contribution in [3.63, 3.8) is 0 Å². The number of amides is 2. The molecule has 2 N–H and O–H groups in total. The monoisotopic (exact) mass is 938 g/mol. The number of anilines is 1. The molecule has 3 aromatic carbocycles. The fraction of sp³-hybridized carbons (Fsp3) is 0.458. The van der Waals surface area contributed by atoms with E-state index in [4.69, 9.17) is 32.9 Å². The van der Waals surface area contributed by atoms with E-state index in [9.17, 15) is 19.6 Å². The van der Waals surface area contributed by atoms with Crippen LogP contribution in [0.5, 0.6) is 11.5 Å². The number of esters is 1. The van der Waals surface area contributed by atoms with Crippen molar-refractivity contribution in [2.24, 2.45) is 0 Å². The summed E-state index contributed by atoms with van der Waals surface area (Å²) in [4.78, 5) is 53.0.